The molecule has 70 valence electrons. The zero-order valence-corrected chi connectivity index (χ0v) is 9.60. The summed E-state index contributed by atoms with van der Waals surface area (Å²) in [4.78, 5) is 10.7. The van der Waals surface area contributed by atoms with Crippen LogP contribution in [0.15, 0.2) is 16.9 Å². The highest BCUT2D eigenvalue weighted by molar-refractivity contribution is 9.10. The molecule has 0 fully saturated rings. The van der Waals surface area contributed by atoms with E-state index in [1.807, 2.05) is 10.8 Å². The SMILES string of the molecule is CCC[n+]1ccc(Cl)c(C=O)c1Br. The zero-order chi connectivity index (χ0) is 9.84. The van der Waals surface area contributed by atoms with Crippen LogP contribution in [0.5, 0.6) is 0 Å². The van der Waals surface area contributed by atoms with Gasteiger partial charge in [-0.3, -0.25) is 4.79 Å². The lowest BCUT2D eigenvalue weighted by Gasteiger charge is -2.00. The summed E-state index contributed by atoms with van der Waals surface area (Å²) in [7, 11) is 0. The number of carbonyl (C=O) groups excluding carboxylic acids is 1. The number of hydrogen-bond donors (Lipinski definition) is 0. The molecule has 0 atom stereocenters. The van der Waals surface area contributed by atoms with Crippen molar-refractivity contribution in [2.24, 2.45) is 0 Å². The lowest BCUT2D eigenvalue weighted by Crippen LogP contribution is -2.35. The predicted molar refractivity (Wildman–Crippen MR) is 55.0 cm³/mol. The van der Waals surface area contributed by atoms with Gasteiger partial charge in [0.15, 0.2) is 12.5 Å². The van der Waals surface area contributed by atoms with Crippen molar-refractivity contribution in [3.63, 3.8) is 0 Å². The molecule has 0 radical (unpaired) electrons. The summed E-state index contributed by atoms with van der Waals surface area (Å²) in [5.74, 6) is 0. The first-order valence-corrected chi connectivity index (χ1v) is 5.20. The molecule has 0 bridgehead atoms. The van der Waals surface area contributed by atoms with Gasteiger partial charge in [-0.2, -0.15) is 4.57 Å². The summed E-state index contributed by atoms with van der Waals surface area (Å²) in [6.45, 7) is 2.95. The molecule has 0 spiro atoms. The average Bonchev–Trinajstić information content (AvgIpc) is 2.11. The standard InChI is InChI=1S/C9H10BrClNO/c1-2-4-12-5-3-8(11)7(6-13)9(12)10/h3,5-6H,2,4H2,1H3/q+1. The fourth-order valence-corrected chi connectivity index (χ4v) is 1.99. The van der Waals surface area contributed by atoms with Gasteiger partial charge in [0.1, 0.15) is 12.1 Å². The van der Waals surface area contributed by atoms with Crippen molar-refractivity contribution in [2.75, 3.05) is 0 Å². The summed E-state index contributed by atoms with van der Waals surface area (Å²) in [6.07, 6.45) is 3.64. The molecule has 1 heterocycles. The van der Waals surface area contributed by atoms with Gasteiger partial charge in [-0.15, -0.1) is 0 Å². The van der Waals surface area contributed by atoms with Crippen LogP contribution in [-0.4, -0.2) is 6.29 Å². The number of carbonyl (C=O) groups is 1. The van der Waals surface area contributed by atoms with Crippen LogP contribution in [0.2, 0.25) is 5.02 Å². The van der Waals surface area contributed by atoms with E-state index in [1.54, 1.807) is 6.07 Å². The van der Waals surface area contributed by atoms with Gasteiger partial charge in [0.25, 0.3) is 4.60 Å². The van der Waals surface area contributed by atoms with Gasteiger partial charge < -0.3 is 0 Å². The van der Waals surface area contributed by atoms with Crippen molar-refractivity contribution in [2.45, 2.75) is 19.9 Å². The van der Waals surface area contributed by atoms with Crippen molar-refractivity contribution >= 4 is 33.8 Å². The fourth-order valence-electron chi connectivity index (χ4n) is 1.08. The topological polar surface area (TPSA) is 20.9 Å². The minimum Gasteiger partial charge on any atom is -0.298 e. The Morgan fingerprint density at radius 1 is 1.69 bits per heavy atom. The Morgan fingerprint density at radius 2 is 2.38 bits per heavy atom. The molecule has 2 nitrogen and oxygen atoms in total. The van der Waals surface area contributed by atoms with Crippen LogP contribution in [0.1, 0.15) is 23.7 Å². The summed E-state index contributed by atoms with van der Waals surface area (Å²) < 4.78 is 2.70. The smallest absolute Gasteiger partial charge is 0.260 e. The summed E-state index contributed by atoms with van der Waals surface area (Å²) >= 11 is 9.17. The minimum absolute atomic E-state index is 0.481. The Balaban J connectivity index is 3.19. The van der Waals surface area contributed by atoms with E-state index in [2.05, 4.69) is 22.9 Å². The number of pyridine rings is 1. The van der Waals surface area contributed by atoms with E-state index in [1.165, 1.54) is 0 Å². The molecule has 0 unspecified atom stereocenters. The lowest BCUT2D eigenvalue weighted by atomic mass is 10.3. The normalized spacial score (nSPS) is 10.1. The highest BCUT2D eigenvalue weighted by Gasteiger charge is 2.15. The van der Waals surface area contributed by atoms with Crippen molar-refractivity contribution in [1.29, 1.82) is 0 Å². The van der Waals surface area contributed by atoms with Gasteiger partial charge in [0.2, 0.25) is 0 Å². The number of halogens is 2. The summed E-state index contributed by atoms with van der Waals surface area (Å²) in [5.41, 5.74) is 0.512. The van der Waals surface area contributed by atoms with Crippen molar-refractivity contribution in [3.05, 3.63) is 27.5 Å². The Morgan fingerprint density at radius 3 is 2.92 bits per heavy atom. The van der Waals surface area contributed by atoms with E-state index in [4.69, 9.17) is 11.6 Å². The first-order valence-electron chi connectivity index (χ1n) is 4.03. The molecule has 0 amide bonds. The summed E-state index contributed by atoms with van der Waals surface area (Å²) in [6, 6.07) is 1.73. The van der Waals surface area contributed by atoms with Crippen LogP contribution in [-0.2, 0) is 6.54 Å². The molecule has 0 saturated carbocycles. The lowest BCUT2D eigenvalue weighted by molar-refractivity contribution is -0.707. The van der Waals surface area contributed by atoms with Gasteiger partial charge in [-0.25, -0.2) is 0 Å². The molecule has 0 N–H and O–H groups in total. The van der Waals surface area contributed by atoms with Crippen molar-refractivity contribution in [1.82, 2.24) is 0 Å². The molecule has 4 heteroatoms. The van der Waals surface area contributed by atoms with E-state index >= 15 is 0 Å². The van der Waals surface area contributed by atoms with Crippen LogP contribution in [0.25, 0.3) is 0 Å². The largest absolute Gasteiger partial charge is 0.298 e. The third-order valence-corrected chi connectivity index (χ3v) is 2.93. The number of aryl methyl sites for hydroxylation is 1. The second kappa shape index (κ2) is 4.72. The number of rotatable bonds is 3. The molecule has 0 saturated heterocycles. The van der Waals surface area contributed by atoms with Crippen molar-refractivity contribution in [3.8, 4) is 0 Å². The molecule has 0 aromatic carbocycles. The van der Waals surface area contributed by atoms with Crippen molar-refractivity contribution < 1.29 is 9.36 Å². The maximum atomic E-state index is 10.7. The molecule has 1 aromatic rings. The predicted octanol–water partition coefficient (Wildman–Crippen LogP) is 2.61. The Hall–Kier alpha value is -0.410. The first-order chi connectivity index (χ1) is 6.20. The Bertz CT molecular complexity index is 328. The average molecular weight is 264 g/mol. The summed E-state index contributed by atoms with van der Waals surface area (Å²) in [5, 5.41) is 0.481. The third-order valence-electron chi connectivity index (χ3n) is 1.71. The number of aromatic nitrogens is 1. The van der Waals surface area contributed by atoms with Crippen LogP contribution in [0, 0.1) is 0 Å². The quantitative estimate of drug-likeness (QED) is 0.466. The van der Waals surface area contributed by atoms with E-state index in [0.29, 0.717) is 10.6 Å². The molecular weight excluding hydrogens is 253 g/mol. The molecule has 0 aliphatic carbocycles. The second-order valence-electron chi connectivity index (χ2n) is 2.68. The van der Waals surface area contributed by atoms with E-state index in [9.17, 15) is 4.79 Å². The monoisotopic (exact) mass is 262 g/mol. The second-order valence-corrected chi connectivity index (χ2v) is 3.84. The Labute approximate surface area is 90.7 Å². The maximum absolute atomic E-state index is 10.7. The van der Waals surface area contributed by atoms with E-state index in [0.717, 1.165) is 23.9 Å². The van der Waals surface area contributed by atoms with E-state index in [-0.39, 0.29) is 0 Å². The van der Waals surface area contributed by atoms with Gasteiger partial charge in [0.05, 0.1) is 5.02 Å². The van der Waals surface area contributed by atoms with Crippen LogP contribution < -0.4 is 4.57 Å². The maximum Gasteiger partial charge on any atom is 0.260 e. The van der Waals surface area contributed by atoms with Gasteiger partial charge in [-0.1, -0.05) is 18.5 Å². The van der Waals surface area contributed by atoms with Crippen LogP contribution in [0.4, 0.5) is 0 Å². The number of hydrogen-bond acceptors (Lipinski definition) is 1. The van der Waals surface area contributed by atoms with Gasteiger partial charge >= 0.3 is 0 Å². The van der Waals surface area contributed by atoms with E-state index < -0.39 is 0 Å². The number of nitrogens with zero attached hydrogens (tertiary/aromatic N) is 1. The molecule has 1 aromatic heterocycles. The molecular formula is C9H10BrClNO+. The van der Waals surface area contributed by atoms with Crippen LogP contribution >= 0.6 is 27.5 Å². The molecule has 1 rings (SSSR count). The Kier molecular flexibility index (Phi) is 3.88. The zero-order valence-electron chi connectivity index (χ0n) is 7.26. The van der Waals surface area contributed by atoms with Gasteiger partial charge in [0, 0.05) is 28.4 Å². The number of aldehydes is 1. The first kappa shape index (κ1) is 10.7. The minimum atomic E-state index is 0.481. The molecule has 0 aliphatic rings. The fraction of sp³-hybridized carbons (Fsp3) is 0.333. The highest BCUT2D eigenvalue weighted by Crippen LogP contribution is 2.19. The third kappa shape index (κ3) is 2.29. The molecule has 13 heavy (non-hydrogen) atoms. The molecule has 0 aliphatic heterocycles. The van der Waals surface area contributed by atoms with Gasteiger partial charge in [-0.05, 0) is 0 Å². The highest BCUT2D eigenvalue weighted by atomic mass is 79.9. The van der Waals surface area contributed by atoms with Crippen LogP contribution in [0.3, 0.4) is 0 Å².